The second-order valence-electron chi connectivity index (χ2n) is 5.52. The van der Waals surface area contributed by atoms with Crippen molar-refractivity contribution in [2.75, 3.05) is 0 Å². The molecular formula is C19H19BrN2OS. The summed E-state index contributed by atoms with van der Waals surface area (Å²) in [5.41, 5.74) is 3.50. The van der Waals surface area contributed by atoms with E-state index in [1.165, 1.54) is 11.1 Å². The molecule has 3 rings (SSSR count). The van der Waals surface area contributed by atoms with Crippen molar-refractivity contribution in [1.82, 2.24) is 10.3 Å². The van der Waals surface area contributed by atoms with Gasteiger partial charge in [-0.3, -0.25) is 0 Å². The average molecular weight is 403 g/mol. The van der Waals surface area contributed by atoms with Crippen LogP contribution in [0.25, 0.3) is 0 Å². The van der Waals surface area contributed by atoms with Crippen molar-refractivity contribution in [3.8, 4) is 5.75 Å². The van der Waals surface area contributed by atoms with E-state index in [4.69, 9.17) is 4.74 Å². The van der Waals surface area contributed by atoms with Crippen LogP contribution in [0.1, 0.15) is 21.8 Å². The molecule has 0 saturated heterocycles. The van der Waals surface area contributed by atoms with Gasteiger partial charge in [0.05, 0.1) is 10.7 Å². The second kappa shape index (κ2) is 8.42. The topological polar surface area (TPSA) is 34.1 Å². The van der Waals surface area contributed by atoms with Crippen LogP contribution in [0.2, 0.25) is 0 Å². The number of hydrogen-bond donors (Lipinski definition) is 1. The molecule has 0 atom stereocenters. The van der Waals surface area contributed by atoms with E-state index in [1.54, 1.807) is 11.3 Å². The normalized spacial score (nSPS) is 10.8. The number of hydrogen-bond acceptors (Lipinski definition) is 4. The second-order valence-corrected chi connectivity index (χ2v) is 7.50. The predicted molar refractivity (Wildman–Crippen MR) is 102 cm³/mol. The number of nitrogens with zero attached hydrogens (tertiary/aromatic N) is 1. The lowest BCUT2D eigenvalue weighted by molar-refractivity contribution is 0.302. The van der Waals surface area contributed by atoms with Crippen molar-refractivity contribution >= 4 is 27.3 Å². The first kappa shape index (κ1) is 17.1. The van der Waals surface area contributed by atoms with Crippen LogP contribution in [0.5, 0.6) is 5.75 Å². The molecule has 0 aliphatic heterocycles. The molecule has 2 aromatic carbocycles. The molecule has 0 spiro atoms. The Morgan fingerprint density at radius 1 is 1.00 bits per heavy atom. The summed E-state index contributed by atoms with van der Waals surface area (Å²) in [5, 5.41) is 6.56. The molecule has 124 valence electrons. The number of nitrogens with one attached hydrogen (secondary N) is 1. The number of thiazole rings is 1. The maximum atomic E-state index is 5.76. The monoisotopic (exact) mass is 402 g/mol. The van der Waals surface area contributed by atoms with Crippen LogP contribution < -0.4 is 10.1 Å². The summed E-state index contributed by atoms with van der Waals surface area (Å²) in [5.74, 6) is 0.873. The first-order valence-corrected chi connectivity index (χ1v) is 9.44. The molecular weight excluding hydrogens is 384 g/mol. The van der Waals surface area contributed by atoms with Crippen molar-refractivity contribution in [2.45, 2.75) is 26.6 Å². The summed E-state index contributed by atoms with van der Waals surface area (Å²) in [6.45, 7) is 4.21. The highest BCUT2D eigenvalue weighted by Gasteiger charge is 2.01. The van der Waals surface area contributed by atoms with E-state index in [1.807, 2.05) is 24.4 Å². The zero-order valence-electron chi connectivity index (χ0n) is 13.5. The minimum Gasteiger partial charge on any atom is -0.487 e. The van der Waals surface area contributed by atoms with Crippen LogP contribution >= 0.6 is 27.3 Å². The van der Waals surface area contributed by atoms with E-state index in [0.717, 1.165) is 34.0 Å². The average Bonchev–Trinajstić information content (AvgIpc) is 3.01. The fraction of sp³-hybridized carbons (Fsp3) is 0.211. The van der Waals surface area contributed by atoms with E-state index in [2.05, 4.69) is 62.6 Å². The van der Waals surface area contributed by atoms with Crippen LogP contribution in [-0.2, 0) is 19.7 Å². The van der Waals surface area contributed by atoms with Gasteiger partial charge in [0.2, 0.25) is 0 Å². The third-order valence-corrected chi connectivity index (χ3v) is 4.90. The van der Waals surface area contributed by atoms with Crippen LogP contribution in [0.3, 0.4) is 0 Å². The van der Waals surface area contributed by atoms with Crippen molar-refractivity contribution in [3.63, 3.8) is 0 Å². The lowest BCUT2D eigenvalue weighted by atomic mass is 10.2. The quantitative estimate of drug-likeness (QED) is 0.597. The highest BCUT2D eigenvalue weighted by molar-refractivity contribution is 9.10. The summed E-state index contributed by atoms with van der Waals surface area (Å²) < 4.78 is 6.87. The maximum Gasteiger partial charge on any atom is 0.131 e. The third-order valence-electron chi connectivity index (χ3n) is 3.55. The van der Waals surface area contributed by atoms with Gasteiger partial charge < -0.3 is 10.1 Å². The lowest BCUT2D eigenvalue weighted by Crippen LogP contribution is -2.12. The number of halogens is 1. The Balaban J connectivity index is 1.44. The predicted octanol–water partition coefficient (Wildman–Crippen LogP) is 5.08. The standard InChI is InChI=1S/C19H19BrN2OS/c1-14-22-18(13-24-14)12-23-19-8-4-16(5-9-19)11-21-10-15-2-6-17(20)7-3-15/h2-9,13,21H,10-12H2,1H3. The molecule has 0 bridgehead atoms. The summed E-state index contributed by atoms with van der Waals surface area (Å²) in [6, 6.07) is 16.6. The first-order chi connectivity index (χ1) is 11.7. The summed E-state index contributed by atoms with van der Waals surface area (Å²) in [7, 11) is 0. The number of ether oxygens (including phenoxy) is 1. The van der Waals surface area contributed by atoms with E-state index in [9.17, 15) is 0 Å². The molecule has 0 amide bonds. The fourth-order valence-corrected chi connectivity index (χ4v) is 3.15. The van der Waals surface area contributed by atoms with Crippen LogP contribution in [0.15, 0.2) is 58.4 Å². The van der Waals surface area contributed by atoms with E-state index in [0.29, 0.717) is 6.61 Å². The summed E-state index contributed by atoms with van der Waals surface area (Å²) in [4.78, 5) is 4.40. The minimum absolute atomic E-state index is 0.519. The molecule has 0 aliphatic carbocycles. The van der Waals surface area contributed by atoms with Gasteiger partial charge in [-0.2, -0.15) is 0 Å². The zero-order chi connectivity index (χ0) is 16.8. The van der Waals surface area contributed by atoms with Gasteiger partial charge in [0.1, 0.15) is 12.4 Å². The zero-order valence-corrected chi connectivity index (χ0v) is 15.9. The van der Waals surface area contributed by atoms with Crippen LogP contribution in [0.4, 0.5) is 0 Å². The van der Waals surface area contributed by atoms with Gasteiger partial charge in [-0.15, -0.1) is 11.3 Å². The fourth-order valence-electron chi connectivity index (χ4n) is 2.29. The molecule has 5 heteroatoms. The summed E-state index contributed by atoms with van der Waals surface area (Å²) >= 11 is 5.10. The largest absolute Gasteiger partial charge is 0.487 e. The Hall–Kier alpha value is -1.69. The molecule has 24 heavy (non-hydrogen) atoms. The van der Waals surface area contributed by atoms with Crippen molar-refractivity contribution in [1.29, 1.82) is 0 Å². The Morgan fingerprint density at radius 2 is 1.62 bits per heavy atom. The molecule has 0 fully saturated rings. The first-order valence-electron chi connectivity index (χ1n) is 7.77. The Bertz CT molecular complexity index is 769. The van der Waals surface area contributed by atoms with Crippen molar-refractivity contribution in [2.24, 2.45) is 0 Å². The van der Waals surface area contributed by atoms with E-state index in [-0.39, 0.29) is 0 Å². The number of rotatable bonds is 7. The van der Waals surface area contributed by atoms with Crippen molar-refractivity contribution < 1.29 is 4.74 Å². The highest BCUT2D eigenvalue weighted by atomic mass is 79.9. The molecule has 1 heterocycles. The number of aryl methyl sites for hydroxylation is 1. The highest BCUT2D eigenvalue weighted by Crippen LogP contribution is 2.16. The Morgan fingerprint density at radius 3 is 2.21 bits per heavy atom. The molecule has 1 N–H and O–H groups in total. The number of benzene rings is 2. The molecule has 3 nitrogen and oxygen atoms in total. The van der Waals surface area contributed by atoms with Crippen molar-refractivity contribution in [3.05, 3.63) is 80.2 Å². The van der Waals surface area contributed by atoms with Gasteiger partial charge in [0, 0.05) is 22.9 Å². The van der Waals surface area contributed by atoms with E-state index >= 15 is 0 Å². The van der Waals surface area contributed by atoms with Crippen LogP contribution in [-0.4, -0.2) is 4.98 Å². The molecule has 1 aromatic heterocycles. The maximum absolute atomic E-state index is 5.76. The van der Waals surface area contributed by atoms with Gasteiger partial charge in [-0.1, -0.05) is 40.2 Å². The van der Waals surface area contributed by atoms with Gasteiger partial charge >= 0.3 is 0 Å². The van der Waals surface area contributed by atoms with Crippen LogP contribution in [0, 0.1) is 6.92 Å². The molecule has 3 aromatic rings. The summed E-state index contributed by atoms with van der Waals surface area (Å²) in [6.07, 6.45) is 0. The SMILES string of the molecule is Cc1nc(COc2ccc(CNCc3ccc(Br)cc3)cc2)cs1. The molecule has 0 saturated carbocycles. The number of aromatic nitrogens is 1. The minimum atomic E-state index is 0.519. The molecule has 0 unspecified atom stereocenters. The molecule has 0 aliphatic rings. The lowest BCUT2D eigenvalue weighted by Gasteiger charge is -2.08. The Kier molecular flexibility index (Phi) is 6.01. The van der Waals surface area contributed by atoms with Gasteiger partial charge in [0.25, 0.3) is 0 Å². The van der Waals surface area contributed by atoms with E-state index < -0.39 is 0 Å². The van der Waals surface area contributed by atoms with Gasteiger partial charge in [0.15, 0.2) is 0 Å². The third kappa shape index (κ3) is 5.16. The van der Waals surface area contributed by atoms with Gasteiger partial charge in [-0.05, 0) is 42.3 Å². The molecule has 0 radical (unpaired) electrons. The Labute approximate surface area is 154 Å². The van der Waals surface area contributed by atoms with Gasteiger partial charge in [-0.25, -0.2) is 4.98 Å². The smallest absolute Gasteiger partial charge is 0.131 e.